The lowest BCUT2D eigenvalue weighted by Crippen LogP contribution is -2.07. The largest absolute Gasteiger partial charge is 0.453 e. The van der Waals surface area contributed by atoms with Crippen LogP contribution in [0.2, 0.25) is 0 Å². The third-order valence-corrected chi connectivity index (χ3v) is 2.37. The molecule has 5 heteroatoms. The Kier molecular flexibility index (Phi) is 2.82. The van der Waals surface area contributed by atoms with Crippen molar-refractivity contribution in [3.63, 3.8) is 0 Å². The number of hydrogen-bond acceptors (Lipinski definition) is 3. The van der Waals surface area contributed by atoms with Gasteiger partial charge in [-0.1, -0.05) is 12.1 Å². The standard InChI is InChI=1S/C10H7BrN2O2/c11-8-3-1-2-4-9(8)15-7-5-12-10(14)13-6-7/h1-6H,(H,12,13,14). The van der Waals surface area contributed by atoms with Gasteiger partial charge in [-0.15, -0.1) is 0 Å². The highest BCUT2D eigenvalue weighted by atomic mass is 79.9. The summed E-state index contributed by atoms with van der Waals surface area (Å²) in [6, 6.07) is 7.44. The first-order chi connectivity index (χ1) is 7.25. The van der Waals surface area contributed by atoms with Gasteiger partial charge in [0.2, 0.25) is 0 Å². The van der Waals surface area contributed by atoms with Gasteiger partial charge >= 0.3 is 5.69 Å². The van der Waals surface area contributed by atoms with Gasteiger partial charge < -0.3 is 9.72 Å². The summed E-state index contributed by atoms with van der Waals surface area (Å²) in [5.41, 5.74) is -0.394. The summed E-state index contributed by atoms with van der Waals surface area (Å²) in [5, 5.41) is 0. The summed E-state index contributed by atoms with van der Waals surface area (Å²) < 4.78 is 6.33. The van der Waals surface area contributed by atoms with Crippen LogP contribution in [0.3, 0.4) is 0 Å². The number of aromatic nitrogens is 2. The molecule has 0 aliphatic carbocycles. The molecule has 1 aromatic heterocycles. The molecular formula is C10H7BrN2O2. The van der Waals surface area contributed by atoms with Gasteiger partial charge in [0.15, 0.2) is 5.75 Å². The van der Waals surface area contributed by atoms with Gasteiger partial charge in [-0.2, -0.15) is 4.98 Å². The second kappa shape index (κ2) is 4.27. The van der Waals surface area contributed by atoms with E-state index >= 15 is 0 Å². The Labute approximate surface area is 94.1 Å². The number of benzene rings is 1. The highest BCUT2D eigenvalue weighted by Crippen LogP contribution is 2.27. The lowest BCUT2D eigenvalue weighted by molar-refractivity contribution is 0.473. The van der Waals surface area contributed by atoms with Crippen molar-refractivity contribution in [2.75, 3.05) is 0 Å². The number of rotatable bonds is 2. The Hall–Kier alpha value is -1.62. The van der Waals surface area contributed by atoms with Gasteiger partial charge in [0.25, 0.3) is 0 Å². The van der Waals surface area contributed by atoms with Gasteiger partial charge in [-0.25, -0.2) is 4.79 Å². The van der Waals surface area contributed by atoms with Crippen molar-refractivity contribution in [2.24, 2.45) is 0 Å². The molecule has 0 radical (unpaired) electrons. The van der Waals surface area contributed by atoms with Crippen molar-refractivity contribution >= 4 is 15.9 Å². The Morgan fingerprint density at radius 2 is 2.13 bits per heavy atom. The summed E-state index contributed by atoms with van der Waals surface area (Å²) in [5.74, 6) is 1.16. The van der Waals surface area contributed by atoms with Gasteiger partial charge in [0, 0.05) is 0 Å². The normalized spacial score (nSPS) is 9.93. The van der Waals surface area contributed by atoms with Crippen LogP contribution in [0, 0.1) is 0 Å². The minimum atomic E-state index is -0.394. The molecule has 2 aromatic rings. The van der Waals surface area contributed by atoms with Gasteiger partial charge in [0.1, 0.15) is 5.75 Å². The molecule has 0 saturated carbocycles. The third-order valence-electron chi connectivity index (χ3n) is 1.71. The van der Waals surface area contributed by atoms with E-state index in [0.717, 1.165) is 4.47 Å². The van der Waals surface area contributed by atoms with E-state index in [2.05, 4.69) is 25.9 Å². The van der Waals surface area contributed by atoms with Crippen LogP contribution in [0.4, 0.5) is 0 Å². The SMILES string of the molecule is O=c1ncc(Oc2ccccc2Br)c[nH]1. The molecule has 0 aliphatic heterocycles. The monoisotopic (exact) mass is 266 g/mol. The van der Waals surface area contributed by atoms with Crippen LogP contribution in [0.5, 0.6) is 11.5 Å². The topological polar surface area (TPSA) is 55.0 Å². The number of para-hydroxylation sites is 1. The smallest absolute Gasteiger partial charge is 0.345 e. The first-order valence-electron chi connectivity index (χ1n) is 4.23. The minimum absolute atomic E-state index is 0.394. The number of aromatic amines is 1. The average molecular weight is 267 g/mol. The summed E-state index contributed by atoms with van der Waals surface area (Å²) in [7, 11) is 0. The van der Waals surface area contributed by atoms with E-state index < -0.39 is 5.69 Å². The maximum absolute atomic E-state index is 10.7. The summed E-state index contributed by atoms with van der Waals surface area (Å²) in [6.07, 6.45) is 2.84. The zero-order valence-electron chi connectivity index (χ0n) is 7.61. The molecule has 2 rings (SSSR count). The molecule has 0 saturated heterocycles. The fourth-order valence-corrected chi connectivity index (χ4v) is 1.41. The maximum Gasteiger partial charge on any atom is 0.345 e. The summed E-state index contributed by atoms with van der Waals surface area (Å²) in [6.45, 7) is 0. The molecule has 1 aromatic carbocycles. The third kappa shape index (κ3) is 2.44. The molecule has 0 fully saturated rings. The number of H-pyrrole nitrogens is 1. The molecule has 76 valence electrons. The fraction of sp³-hybridized carbons (Fsp3) is 0. The average Bonchev–Trinajstić information content (AvgIpc) is 2.25. The fourth-order valence-electron chi connectivity index (χ4n) is 1.04. The number of nitrogens with one attached hydrogen (secondary N) is 1. The summed E-state index contributed by atoms with van der Waals surface area (Å²) >= 11 is 3.35. The van der Waals surface area contributed by atoms with Crippen molar-refractivity contribution in [3.05, 3.63) is 51.6 Å². The van der Waals surface area contributed by atoms with Gasteiger partial charge in [-0.3, -0.25) is 0 Å². The van der Waals surface area contributed by atoms with Crippen molar-refractivity contribution in [2.45, 2.75) is 0 Å². The first-order valence-corrected chi connectivity index (χ1v) is 5.02. The Bertz CT molecular complexity index is 504. The lowest BCUT2D eigenvalue weighted by atomic mass is 10.3. The summed E-state index contributed by atoms with van der Waals surface area (Å²) in [4.78, 5) is 16.7. The van der Waals surface area contributed by atoms with Gasteiger partial charge in [-0.05, 0) is 28.1 Å². The molecule has 0 aliphatic rings. The van der Waals surface area contributed by atoms with E-state index in [1.807, 2.05) is 24.3 Å². The number of ether oxygens (including phenoxy) is 1. The zero-order chi connectivity index (χ0) is 10.7. The van der Waals surface area contributed by atoms with Crippen LogP contribution in [0.15, 0.2) is 45.9 Å². The molecule has 0 unspecified atom stereocenters. The Balaban J connectivity index is 2.26. The number of nitrogens with zero attached hydrogens (tertiary/aromatic N) is 1. The first kappa shape index (κ1) is 9.92. The highest BCUT2D eigenvalue weighted by Gasteiger charge is 2.01. The van der Waals surface area contributed by atoms with Crippen LogP contribution in [-0.2, 0) is 0 Å². The highest BCUT2D eigenvalue weighted by molar-refractivity contribution is 9.10. The van der Waals surface area contributed by atoms with Crippen LogP contribution in [0.1, 0.15) is 0 Å². The predicted molar refractivity (Wildman–Crippen MR) is 59.1 cm³/mol. The van der Waals surface area contributed by atoms with E-state index in [4.69, 9.17) is 4.74 Å². The van der Waals surface area contributed by atoms with Crippen molar-refractivity contribution in [1.82, 2.24) is 9.97 Å². The second-order valence-corrected chi connectivity index (χ2v) is 3.64. The van der Waals surface area contributed by atoms with Crippen molar-refractivity contribution in [1.29, 1.82) is 0 Å². The molecule has 0 spiro atoms. The van der Waals surface area contributed by atoms with Crippen molar-refractivity contribution in [3.8, 4) is 11.5 Å². The van der Waals surface area contributed by atoms with E-state index in [-0.39, 0.29) is 0 Å². The quantitative estimate of drug-likeness (QED) is 0.908. The molecule has 1 N–H and O–H groups in total. The molecule has 0 atom stereocenters. The van der Waals surface area contributed by atoms with Crippen LogP contribution in [-0.4, -0.2) is 9.97 Å². The van der Waals surface area contributed by atoms with Gasteiger partial charge in [0.05, 0.1) is 16.9 Å². The molecule has 15 heavy (non-hydrogen) atoms. The lowest BCUT2D eigenvalue weighted by Gasteiger charge is -2.05. The van der Waals surface area contributed by atoms with Crippen LogP contribution >= 0.6 is 15.9 Å². The Morgan fingerprint density at radius 1 is 1.33 bits per heavy atom. The predicted octanol–water partition coefficient (Wildman–Crippen LogP) is 2.32. The van der Waals surface area contributed by atoms with E-state index in [0.29, 0.717) is 11.5 Å². The number of hydrogen-bond donors (Lipinski definition) is 1. The zero-order valence-corrected chi connectivity index (χ0v) is 9.19. The molecule has 0 bridgehead atoms. The van der Waals surface area contributed by atoms with E-state index in [9.17, 15) is 4.79 Å². The molecule has 0 amide bonds. The Morgan fingerprint density at radius 3 is 2.80 bits per heavy atom. The van der Waals surface area contributed by atoms with Crippen LogP contribution < -0.4 is 10.4 Å². The van der Waals surface area contributed by atoms with E-state index in [1.54, 1.807) is 0 Å². The molecular weight excluding hydrogens is 260 g/mol. The minimum Gasteiger partial charge on any atom is -0.453 e. The van der Waals surface area contributed by atoms with Crippen LogP contribution in [0.25, 0.3) is 0 Å². The molecule has 4 nitrogen and oxygen atoms in total. The number of halogens is 1. The maximum atomic E-state index is 10.7. The van der Waals surface area contributed by atoms with E-state index in [1.165, 1.54) is 12.4 Å². The second-order valence-electron chi connectivity index (χ2n) is 2.79. The van der Waals surface area contributed by atoms with Crippen molar-refractivity contribution < 1.29 is 4.74 Å². The molecule has 1 heterocycles.